The minimum Gasteiger partial charge on any atom is -0.398 e. The summed E-state index contributed by atoms with van der Waals surface area (Å²) >= 11 is 11.8. The van der Waals surface area contributed by atoms with Crippen LogP contribution >= 0.6 is 23.2 Å². The zero-order valence-corrected chi connectivity index (χ0v) is 14.2. The van der Waals surface area contributed by atoms with Gasteiger partial charge in [0.05, 0.1) is 10.7 Å². The van der Waals surface area contributed by atoms with Gasteiger partial charge in [-0.05, 0) is 42.8 Å². The van der Waals surface area contributed by atoms with E-state index in [-0.39, 0.29) is 5.57 Å². The quantitative estimate of drug-likeness (QED) is 0.429. The molecule has 0 unspecified atom stereocenters. The molecule has 0 saturated heterocycles. The molecule has 0 aromatic heterocycles. The van der Waals surface area contributed by atoms with Gasteiger partial charge in [0.25, 0.3) is 5.91 Å². The fourth-order valence-corrected chi connectivity index (χ4v) is 2.19. The van der Waals surface area contributed by atoms with Gasteiger partial charge in [-0.2, -0.15) is 5.26 Å². The van der Waals surface area contributed by atoms with Crippen LogP contribution in [-0.2, 0) is 4.79 Å². The molecular weight excluding hydrogens is 347 g/mol. The summed E-state index contributed by atoms with van der Waals surface area (Å²) in [5.41, 5.74) is 7.97. The highest BCUT2D eigenvalue weighted by Crippen LogP contribution is 2.23. The molecule has 0 aliphatic carbocycles. The Kier molecular flexibility index (Phi) is 5.69. The fourth-order valence-electron chi connectivity index (χ4n) is 1.84. The smallest absolute Gasteiger partial charge is 0.267 e. The number of nitrogens with two attached hydrogens (primary N) is 1. The highest BCUT2D eigenvalue weighted by molar-refractivity contribution is 6.33. The minimum absolute atomic E-state index is 0.0951. The van der Waals surface area contributed by atoms with Gasteiger partial charge in [0.1, 0.15) is 11.6 Å². The normalized spacial score (nSPS) is 10.8. The Morgan fingerprint density at radius 1 is 1.25 bits per heavy atom. The molecular formula is C17H14Cl2N4O. The standard InChI is InChI=1S/C17H14Cl2N4O/c1-10-2-3-12(18)6-16(10)23-17(24)11(8-20)9-22-13-4-5-15(21)14(19)7-13/h2-7,9,22H,21H2,1H3,(H,23,24)/b11-9-. The maximum Gasteiger partial charge on any atom is 0.267 e. The third kappa shape index (κ3) is 4.42. The number of hydrogen-bond acceptors (Lipinski definition) is 4. The van der Waals surface area contributed by atoms with E-state index in [4.69, 9.17) is 28.9 Å². The van der Waals surface area contributed by atoms with Crippen LogP contribution in [0, 0.1) is 18.3 Å². The number of benzene rings is 2. The van der Waals surface area contributed by atoms with Gasteiger partial charge in [-0.3, -0.25) is 4.79 Å². The minimum atomic E-state index is -0.545. The number of nitriles is 1. The molecule has 5 nitrogen and oxygen atoms in total. The van der Waals surface area contributed by atoms with Gasteiger partial charge >= 0.3 is 0 Å². The van der Waals surface area contributed by atoms with Gasteiger partial charge in [-0.1, -0.05) is 29.3 Å². The maximum atomic E-state index is 12.2. The molecule has 1 amide bonds. The van der Waals surface area contributed by atoms with Crippen LogP contribution in [0.2, 0.25) is 10.0 Å². The first kappa shape index (κ1) is 17.7. The van der Waals surface area contributed by atoms with Crippen LogP contribution in [0.15, 0.2) is 48.2 Å². The highest BCUT2D eigenvalue weighted by atomic mass is 35.5. The molecule has 0 atom stereocenters. The third-order valence-electron chi connectivity index (χ3n) is 3.20. The van der Waals surface area contributed by atoms with Gasteiger partial charge in [-0.25, -0.2) is 0 Å². The van der Waals surface area contributed by atoms with E-state index in [1.165, 1.54) is 6.20 Å². The summed E-state index contributed by atoms with van der Waals surface area (Å²) in [5.74, 6) is -0.545. The molecule has 0 aliphatic heterocycles. The molecule has 4 N–H and O–H groups in total. The van der Waals surface area contributed by atoms with Crippen molar-refractivity contribution in [2.75, 3.05) is 16.4 Å². The Bertz CT molecular complexity index is 856. The van der Waals surface area contributed by atoms with Crippen molar-refractivity contribution in [1.29, 1.82) is 5.26 Å². The third-order valence-corrected chi connectivity index (χ3v) is 3.76. The number of nitrogens with zero attached hydrogens (tertiary/aromatic N) is 1. The Labute approximate surface area is 149 Å². The molecule has 2 rings (SSSR count). The predicted molar refractivity (Wildman–Crippen MR) is 98.0 cm³/mol. The summed E-state index contributed by atoms with van der Waals surface area (Å²) < 4.78 is 0. The van der Waals surface area contributed by atoms with Crippen molar-refractivity contribution in [3.8, 4) is 6.07 Å². The summed E-state index contributed by atoms with van der Waals surface area (Å²) in [6.07, 6.45) is 1.30. The van der Waals surface area contributed by atoms with Crippen molar-refractivity contribution >= 4 is 46.2 Å². The first-order valence-corrected chi connectivity index (χ1v) is 7.65. The van der Waals surface area contributed by atoms with Crippen LogP contribution in [0.5, 0.6) is 0 Å². The molecule has 2 aromatic carbocycles. The van der Waals surface area contributed by atoms with Crippen LogP contribution in [-0.4, -0.2) is 5.91 Å². The van der Waals surface area contributed by atoms with Crippen LogP contribution in [0.1, 0.15) is 5.56 Å². The van der Waals surface area contributed by atoms with Crippen molar-refractivity contribution in [2.45, 2.75) is 6.92 Å². The Balaban J connectivity index is 2.15. The van der Waals surface area contributed by atoms with Crippen LogP contribution in [0.4, 0.5) is 17.1 Å². The van der Waals surface area contributed by atoms with E-state index in [0.29, 0.717) is 27.1 Å². The van der Waals surface area contributed by atoms with Crippen molar-refractivity contribution in [3.63, 3.8) is 0 Å². The van der Waals surface area contributed by atoms with Gasteiger partial charge in [0.15, 0.2) is 0 Å². The second-order valence-corrected chi connectivity index (χ2v) is 5.81. The Hall–Kier alpha value is -2.68. The number of rotatable bonds is 4. The number of halogens is 2. The van der Waals surface area contributed by atoms with Crippen molar-refractivity contribution < 1.29 is 4.79 Å². The summed E-state index contributed by atoms with van der Waals surface area (Å²) in [4.78, 5) is 12.2. The Morgan fingerprint density at radius 3 is 2.67 bits per heavy atom. The number of amides is 1. The molecule has 0 bridgehead atoms. The zero-order valence-electron chi connectivity index (χ0n) is 12.7. The first-order valence-electron chi connectivity index (χ1n) is 6.90. The number of nitrogens with one attached hydrogen (secondary N) is 2. The number of carbonyl (C=O) groups excluding carboxylic acids is 1. The molecule has 0 fully saturated rings. The zero-order chi connectivity index (χ0) is 17.7. The SMILES string of the molecule is Cc1ccc(Cl)cc1NC(=O)/C(C#N)=C\Nc1ccc(N)c(Cl)c1. The van der Waals surface area contributed by atoms with E-state index < -0.39 is 5.91 Å². The summed E-state index contributed by atoms with van der Waals surface area (Å²) in [5, 5.41) is 15.6. The monoisotopic (exact) mass is 360 g/mol. The van der Waals surface area contributed by atoms with Crippen LogP contribution < -0.4 is 16.4 Å². The average Bonchev–Trinajstić information content (AvgIpc) is 2.55. The van der Waals surface area contributed by atoms with Gasteiger partial charge < -0.3 is 16.4 Å². The molecule has 0 radical (unpaired) electrons. The lowest BCUT2D eigenvalue weighted by Gasteiger charge is -2.09. The van der Waals surface area contributed by atoms with Crippen LogP contribution in [0.3, 0.4) is 0 Å². The van der Waals surface area contributed by atoms with E-state index in [2.05, 4.69) is 10.6 Å². The lowest BCUT2D eigenvalue weighted by atomic mass is 10.2. The molecule has 0 aliphatic rings. The molecule has 24 heavy (non-hydrogen) atoms. The summed E-state index contributed by atoms with van der Waals surface area (Å²) in [7, 11) is 0. The number of carbonyl (C=O) groups is 1. The van der Waals surface area contributed by atoms with E-state index in [9.17, 15) is 10.1 Å². The van der Waals surface area contributed by atoms with E-state index in [1.54, 1.807) is 36.4 Å². The van der Waals surface area contributed by atoms with Crippen molar-refractivity contribution in [3.05, 3.63) is 63.8 Å². The highest BCUT2D eigenvalue weighted by Gasteiger charge is 2.11. The van der Waals surface area contributed by atoms with Gasteiger partial charge in [0, 0.05) is 22.6 Å². The summed E-state index contributed by atoms with van der Waals surface area (Å²) in [6.45, 7) is 1.83. The van der Waals surface area contributed by atoms with E-state index in [0.717, 1.165) is 5.56 Å². The Morgan fingerprint density at radius 2 is 2.00 bits per heavy atom. The molecule has 0 saturated carbocycles. The fraction of sp³-hybridized carbons (Fsp3) is 0.0588. The molecule has 0 spiro atoms. The second-order valence-electron chi connectivity index (χ2n) is 4.96. The second kappa shape index (κ2) is 7.73. The summed E-state index contributed by atoms with van der Waals surface area (Å²) in [6, 6.07) is 11.9. The lowest BCUT2D eigenvalue weighted by molar-refractivity contribution is -0.112. The number of hydrogen-bond donors (Lipinski definition) is 3. The molecule has 7 heteroatoms. The van der Waals surface area contributed by atoms with E-state index >= 15 is 0 Å². The first-order chi connectivity index (χ1) is 11.4. The maximum absolute atomic E-state index is 12.2. The van der Waals surface area contributed by atoms with Gasteiger partial charge in [-0.15, -0.1) is 0 Å². The lowest BCUT2D eigenvalue weighted by Crippen LogP contribution is -2.15. The number of aryl methyl sites for hydroxylation is 1. The molecule has 122 valence electrons. The van der Waals surface area contributed by atoms with Crippen molar-refractivity contribution in [1.82, 2.24) is 0 Å². The average molecular weight is 361 g/mol. The molecule has 0 heterocycles. The van der Waals surface area contributed by atoms with Crippen molar-refractivity contribution in [2.24, 2.45) is 0 Å². The largest absolute Gasteiger partial charge is 0.398 e. The number of anilines is 3. The topological polar surface area (TPSA) is 90.9 Å². The van der Waals surface area contributed by atoms with Crippen LogP contribution in [0.25, 0.3) is 0 Å². The van der Waals surface area contributed by atoms with Gasteiger partial charge in [0.2, 0.25) is 0 Å². The molecule has 2 aromatic rings. The number of nitrogen functional groups attached to an aromatic ring is 1. The predicted octanol–water partition coefficient (Wildman–Crippen LogP) is 4.34. The van der Waals surface area contributed by atoms with E-state index in [1.807, 2.05) is 13.0 Å².